The van der Waals surface area contributed by atoms with Crippen LogP contribution < -0.4 is 15.4 Å². The second-order valence-corrected chi connectivity index (χ2v) is 11.9. The number of amides is 1. The van der Waals surface area contributed by atoms with Gasteiger partial charge in [-0.15, -0.1) is 0 Å². The molecule has 1 saturated heterocycles. The van der Waals surface area contributed by atoms with Gasteiger partial charge in [0, 0.05) is 61.0 Å². The van der Waals surface area contributed by atoms with Crippen molar-refractivity contribution in [2.45, 2.75) is 30.1 Å². The van der Waals surface area contributed by atoms with Gasteiger partial charge in [0.15, 0.2) is 7.12 Å². The number of rotatable bonds is 9. The minimum absolute atomic E-state index is 0.233. The van der Waals surface area contributed by atoms with Gasteiger partial charge < -0.3 is 24.7 Å². The van der Waals surface area contributed by atoms with Crippen molar-refractivity contribution in [3.8, 4) is 11.3 Å². The summed E-state index contributed by atoms with van der Waals surface area (Å²) in [6.45, 7) is 2.91. The molecule has 1 aliphatic rings. The lowest BCUT2D eigenvalue weighted by atomic mass is 9.88. The molecule has 1 fully saturated rings. The molecule has 1 unspecified atom stereocenters. The largest absolute Gasteiger partial charge is 0.455 e. The van der Waals surface area contributed by atoms with Crippen molar-refractivity contribution >= 4 is 58.9 Å². The number of fused-ring (bicyclic) bond motifs is 1. The van der Waals surface area contributed by atoms with Crippen molar-refractivity contribution in [3.05, 3.63) is 77.1 Å². The first kappa shape index (κ1) is 29.4. The summed E-state index contributed by atoms with van der Waals surface area (Å²) >= 11 is 2.82. The molecule has 10 heteroatoms. The maximum atomic E-state index is 13.7. The Balaban J connectivity index is 1.50. The fourth-order valence-corrected chi connectivity index (χ4v) is 6.42. The highest BCUT2D eigenvalue weighted by Gasteiger charge is 2.28. The number of nitrogen functional groups attached to an aromatic ring is 1. The summed E-state index contributed by atoms with van der Waals surface area (Å²) in [5, 5.41) is 3.53. The third-order valence-corrected chi connectivity index (χ3v) is 9.23. The first-order valence-corrected chi connectivity index (χ1v) is 15.7. The van der Waals surface area contributed by atoms with Gasteiger partial charge in [-0.05, 0) is 85.3 Å². The third-order valence-electron chi connectivity index (χ3n) is 7.88. The molecule has 4 aromatic rings. The van der Waals surface area contributed by atoms with E-state index in [1.165, 1.54) is 34.9 Å². The van der Waals surface area contributed by atoms with E-state index in [9.17, 15) is 9.18 Å². The van der Waals surface area contributed by atoms with Crippen LogP contribution in [0.15, 0.2) is 63.9 Å². The van der Waals surface area contributed by atoms with Crippen LogP contribution in [-0.2, 0) is 6.42 Å². The van der Waals surface area contributed by atoms with Gasteiger partial charge in [-0.25, -0.2) is 4.39 Å². The number of carbonyl (C=O) groups is 1. The number of halogens is 1. The predicted octanol–water partition coefficient (Wildman–Crippen LogP) is 6.49. The number of hydrogen-bond donors (Lipinski definition) is 2. The maximum Gasteiger partial charge on any atom is 0.255 e. The van der Waals surface area contributed by atoms with Gasteiger partial charge in [0.1, 0.15) is 17.2 Å². The molecule has 0 spiro atoms. The van der Waals surface area contributed by atoms with Crippen molar-refractivity contribution in [1.29, 1.82) is 0 Å². The molecule has 1 aromatic heterocycles. The van der Waals surface area contributed by atoms with Crippen molar-refractivity contribution in [2.75, 3.05) is 50.0 Å². The van der Waals surface area contributed by atoms with Crippen LogP contribution in [0.4, 0.5) is 15.8 Å². The van der Waals surface area contributed by atoms with E-state index in [0.29, 0.717) is 34.1 Å². The summed E-state index contributed by atoms with van der Waals surface area (Å²) in [7, 11) is 9.44. The van der Waals surface area contributed by atoms with E-state index in [0.717, 1.165) is 54.9 Å². The van der Waals surface area contributed by atoms with Crippen LogP contribution in [0.25, 0.3) is 22.3 Å². The Morgan fingerprint density at radius 2 is 2.00 bits per heavy atom. The average Bonchev–Trinajstić information content (AvgIpc) is 3.38. The van der Waals surface area contributed by atoms with Crippen LogP contribution in [0.1, 0.15) is 40.2 Å². The molecule has 5 rings (SSSR count). The van der Waals surface area contributed by atoms with Gasteiger partial charge in [-0.2, -0.15) is 11.6 Å². The zero-order valence-corrected chi connectivity index (χ0v) is 25.2. The molecule has 1 amide bonds. The summed E-state index contributed by atoms with van der Waals surface area (Å²) in [5.41, 5.74) is 12.0. The van der Waals surface area contributed by atoms with Crippen LogP contribution in [-0.4, -0.2) is 57.9 Å². The van der Waals surface area contributed by atoms with Crippen molar-refractivity contribution in [2.24, 2.45) is 0 Å². The van der Waals surface area contributed by atoms with E-state index in [1.54, 1.807) is 31.1 Å². The van der Waals surface area contributed by atoms with Gasteiger partial charge in [0.25, 0.3) is 5.91 Å². The van der Waals surface area contributed by atoms with E-state index >= 15 is 0 Å². The third kappa shape index (κ3) is 6.24. The predicted molar refractivity (Wildman–Crippen MR) is 172 cm³/mol. The van der Waals surface area contributed by atoms with Gasteiger partial charge in [0.2, 0.25) is 0 Å². The van der Waals surface area contributed by atoms with Gasteiger partial charge in [-0.1, -0.05) is 18.0 Å². The highest BCUT2D eigenvalue weighted by molar-refractivity contribution is 8.19. The second-order valence-electron chi connectivity index (χ2n) is 10.4. The number of likely N-dealkylation sites (tertiary alicyclic amines) is 1. The van der Waals surface area contributed by atoms with E-state index < -0.39 is 0 Å². The lowest BCUT2D eigenvalue weighted by Gasteiger charge is -2.35. The molecule has 2 heterocycles. The molecule has 0 aliphatic carbocycles. The van der Waals surface area contributed by atoms with Gasteiger partial charge in [-0.3, -0.25) is 4.79 Å². The minimum atomic E-state index is -0.338. The zero-order chi connectivity index (χ0) is 29.1. The molecule has 212 valence electrons. The van der Waals surface area contributed by atoms with Crippen LogP contribution >= 0.6 is 23.6 Å². The fourth-order valence-electron chi connectivity index (χ4n) is 5.64. The topological polar surface area (TPSA) is 74.7 Å². The standard InChI is InChI=1S/C31H34BFN4O2S2/c1-35-31(38)29-24-16-23(21-5-4-13-37(18-21)14-12-19-6-11-25(34)28(15-19)41-32)26(36(2)40-3)17-27(24)39-30(29)20-7-9-22(33)10-8-20/h6-11,15-17,21H,4-5,12-14,18,34H2,1-3H3,(H,35,38). The molecule has 41 heavy (non-hydrogen) atoms. The highest BCUT2D eigenvalue weighted by Crippen LogP contribution is 2.42. The first-order valence-electron chi connectivity index (χ1n) is 13.7. The SMILES string of the molecule is [B]Sc1cc(CCN2CCCC(c3cc4c(C(=O)NC)c(-c5ccc(F)cc5)oc4cc3N(C)SC)C2)ccc1N. The number of nitrogens with two attached hydrogens (primary N) is 1. The maximum absolute atomic E-state index is 13.7. The quantitative estimate of drug-likeness (QED) is 0.132. The number of furan rings is 1. The molecular weight excluding hydrogens is 554 g/mol. The Kier molecular flexibility index (Phi) is 9.21. The Hall–Kier alpha value is -3.08. The second kappa shape index (κ2) is 12.8. The van der Waals surface area contributed by atoms with Crippen LogP contribution in [0, 0.1) is 5.82 Å². The highest BCUT2D eigenvalue weighted by atomic mass is 32.2. The molecule has 6 nitrogen and oxygen atoms in total. The minimum Gasteiger partial charge on any atom is -0.455 e. The van der Waals surface area contributed by atoms with Crippen molar-refractivity contribution in [3.63, 3.8) is 0 Å². The lowest BCUT2D eigenvalue weighted by molar-refractivity contribution is 0.0964. The molecule has 0 bridgehead atoms. The number of piperidine rings is 1. The number of nitrogens with one attached hydrogen (secondary N) is 1. The number of carbonyl (C=O) groups excluding carboxylic acids is 1. The number of benzene rings is 3. The van der Waals surface area contributed by atoms with Gasteiger partial charge >= 0.3 is 0 Å². The smallest absolute Gasteiger partial charge is 0.255 e. The van der Waals surface area contributed by atoms with Crippen molar-refractivity contribution < 1.29 is 13.6 Å². The molecule has 0 saturated carbocycles. The molecule has 2 radical (unpaired) electrons. The Bertz CT molecular complexity index is 1550. The Morgan fingerprint density at radius 1 is 1.22 bits per heavy atom. The van der Waals surface area contributed by atoms with Crippen LogP contribution in [0.3, 0.4) is 0 Å². The van der Waals surface area contributed by atoms with Crippen molar-refractivity contribution in [1.82, 2.24) is 10.2 Å². The summed E-state index contributed by atoms with van der Waals surface area (Å²) in [6.07, 6.45) is 5.11. The van der Waals surface area contributed by atoms with Gasteiger partial charge in [0.05, 0.1) is 11.3 Å². The van der Waals surface area contributed by atoms with E-state index in [4.69, 9.17) is 17.3 Å². The number of hydrogen-bond acceptors (Lipinski definition) is 7. The first-order chi connectivity index (χ1) is 19.8. The Labute approximate surface area is 250 Å². The molecular formula is C31H34BFN4O2S2. The molecule has 3 N–H and O–H groups in total. The molecule has 1 atom stereocenters. The zero-order valence-electron chi connectivity index (χ0n) is 23.6. The summed E-state index contributed by atoms with van der Waals surface area (Å²) < 4.78 is 22.1. The summed E-state index contributed by atoms with van der Waals surface area (Å²) in [6, 6.07) is 16.3. The summed E-state index contributed by atoms with van der Waals surface area (Å²) in [4.78, 5) is 16.6. The van der Waals surface area contributed by atoms with E-state index in [2.05, 4.69) is 32.7 Å². The molecule has 3 aromatic carbocycles. The lowest BCUT2D eigenvalue weighted by Crippen LogP contribution is -2.36. The van der Waals surface area contributed by atoms with E-state index in [1.807, 2.05) is 25.4 Å². The molecule has 1 aliphatic heterocycles. The summed E-state index contributed by atoms with van der Waals surface area (Å²) in [5.74, 6) is 0.164. The normalized spacial score (nSPS) is 15.8. The van der Waals surface area contributed by atoms with Crippen LogP contribution in [0.5, 0.6) is 0 Å². The van der Waals surface area contributed by atoms with Crippen LogP contribution in [0.2, 0.25) is 0 Å². The average molecular weight is 589 g/mol. The fraction of sp³-hybridized carbons (Fsp3) is 0.323. The monoisotopic (exact) mass is 588 g/mol. The Morgan fingerprint density at radius 3 is 2.71 bits per heavy atom. The number of nitrogens with zero attached hydrogens (tertiary/aromatic N) is 2. The number of anilines is 2. The van der Waals surface area contributed by atoms with E-state index in [-0.39, 0.29) is 11.7 Å².